The molecule has 0 radical (unpaired) electrons. The van der Waals surface area contributed by atoms with E-state index in [1.807, 2.05) is 18.2 Å². The van der Waals surface area contributed by atoms with E-state index in [0.717, 1.165) is 11.1 Å². The number of ether oxygens (including phenoxy) is 1. The Morgan fingerprint density at radius 2 is 2.00 bits per heavy atom. The molecule has 0 fully saturated rings. The molecule has 4 rings (SSSR count). The maximum Gasteiger partial charge on any atom is 0.265 e. The van der Waals surface area contributed by atoms with Crippen molar-refractivity contribution in [1.82, 2.24) is 4.90 Å². The average molecular weight is 400 g/mol. The van der Waals surface area contributed by atoms with Gasteiger partial charge in [0.25, 0.3) is 5.91 Å². The SMILES string of the molecule is NC(=O)C1c2ccccc2CCN1C(=O)CN1C(=O)COc2ccc(Cl)cc21. The Morgan fingerprint density at radius 3 is 2.79 bits per heavy atom. The van der Waals surface area contributed by atoms with Gasteiger partial charge in [0.1, 0.15) is 18.3 Å². The third kappa shape index (κ3) is 3.18. The standard InChI is InChI=1S/C20H18ClN3O4/c21-13-5-6-16-15(9-13)24(18(26)11-28-16)10-17(25)23-8-7-12-3-1-2-4-14(12)19(23)20(22)27/h1-6,9,19H,7-8,10-11H2,(H2,22,27). The number of benzene rings is 2. The summed E-state index contributed by atoms with van der Waals surface area (Å²) >= 11 is 6.05. The first kappa shape index (κ1) is 18.3. The molecule has 2 aliphatic heterocycles. The van der Waals surface area contributed by atoms with E-state index in [4.69, 9.17) is 22.1 Å². The minimum absolute atomic E-state index is 0.163. The predicted molar refractivity (Wildman–Crippen MR) is 103 cm³/mol. The highest BCUT2D eigenvalue weighted by Crippen LogP contribution is 2.35. The lowest BCUT2D eigenvalue weighted by Crippen LogP contribution is -2.51. The molecular formula is C20H18ClN3O4. The van der Waals surface area contributed by atoms with E-state index in [1.54, 1.807) is 24.3 Å². The number of nitrogens with zero attached hydrogens (tertiary/aromatic N) is 2. The molecule has 0 spiro atoms. The molecule has 0 saturated carbocycles. The maximum atomic E-state index is 13.1. The highest BCUT2D eigenvalue weighted by atomic mass is 35.5. The minimum Gasteiger partial charge on any atom is -0.482 e. The fourth-order valence-electron chi connectivity index (χ4n) is 3.72. The van der Waals surface area contributed by atoms with Gasteiger partial charge in [0.2, 0.25) is 11.8 Å². The third-order valence-corrected chi connectivity index (χ3v) is 5.27. The first-order valence-electron chi connectivity index (χ1n) is 8.85. The van der Waals surface area contributed by atoms with Gasteiger partial charge < -0.3 is 15.4 Å². The highest BCUT2D eigenvalue weighted by molar-refractivity contribution is 6.31. The lowest BCUT2D eigenvalue weighted by molar-refractivity contribution is -0.139. The fraction of sp³-hybridized carbons (Fsp3) is 0.250. The summed E-state index contributed by atoms with van der Waals surface area (Å²) in [6, 6.07) is 11.5. The fourth-order valence-corrected chi connectivity index (χ4v) is 3.88. The smallest absolute Gasteiger partial charge is 0.265 e. The molecule has 1 unspecified atom stereocenters. The number of anilines is 1. The van der Waals surface area contributed by atoms with Crippen molar-refractivity contribution in [3.05, 3.63) is 58.6 Å². The van der Waals surface area contributed by atoms with Gasteiger partial charge >= 0.3 is 0 Å². The van der Waals surface area contributed by atoms with Crippen LogP contribution in [0, 0.1) is 0 Å². The summed E-state index contributed by atoms with van der Waals surface area (Å²) in [5.41, 5.74) is 7.77. The molecule has 144 valence electrons. The van der Waals surface area contributed by atoms with Crippen molar-refractivity contribution in [3.8, 4) is 5.75 Å². The maximum absolute atomic E-state index is 13.1. The topological polar surface area (TPSA) is 92.9 Å². The Morgan fingerprint density at radius 1 is 1.21 bits per heavy atom. The van der Waals surface area contributed by atoms with E-state index >= 15 is 0 Å². The first-order valence-corrected chi connectivity index (χ1v) is 9.23. The molecule has 2 aromatic rings. The summed E-state index contributed by atoms with van der Waals surface area (Å²) in [4.78, 5) is 40.4. The van der Waals surface area contributed by atoms with Crippen molar-refractivity contribution in [2.75, 3.05) is 24.6 Å². The monoisotopic (exact) mass is 399 g/mol. The molecule has 0 bridgehead atoms. The van der Waals surface area contributed by atoms with Crippen LogP contribution >= 0.6 is 11.6 Å². The Kier molecular flexibility index (Phi) is 4.68. The average Bonchev–Trinajstić information content (AvgIpc) is 2.69. The van der Waals surface area contributed by atoms with Crippen LogP contribution in [-0.2, 0) is 20.8 Å². The number of rotatable bonds is 3. The van der Waals surface area contributed by atoms with Crippen molar-refractivity contribution in [1.29, 1.82) is 0 Å². The zero-order chi connectivity index (χ0) is 19.8. The molecular weight excluding hydrogens is 382 g/mol. The van der Waals surface area contributed by atoms with Crippen LogP contribution in [0.1, 0.15) is 17.2 Å². The van der Waals surface area contributed by atoms with Gasteiger partial charge in [-0.3, -0.25) is 19.3 Å². The van der Waals surface area contributed by atoms with E-state index in [0.29, 0.717) is 29.4 Å². The number of fused-ring (bicyclic) bond motifs is 2. The Labute approximate surface area is 166 Å². The summed E-state index contributed by atoms with van der Waals surface area (Å²) in [7, 11) is 0. The second-order valence-electron chi connectivity index (χ2n) is 6.72. The number of halogens is 1. The predicted octanol–water partition coefficient (Wildman–Crippen LogP) is 1.68. The number of hydrogen-bond donors (Lipinski definition) is 1. The van der Waals surface area contributed by atoms with Crippen LogP contribution in [0.3, 0.4) is 0 Å². The van der Waals surface area contributed by atoms with Crippen molar-refractivity contribution < 1.29 is 19.1 Å². The molecule has 8 heteroatoms. The quantitative estimate of drug-likeness (QED) is 0.849. The molecule has 0 saturated heterocycles. The molecule has 28 heavy (non-hydrogen) atoms. The van der Waals surface area contributed by atoms with Crippen molar-refractivity contribution in [2.45, 2.75) is 12.5 Å². The number of hydrogen-bond acceptors (Lipinski definition) is 4. The lowest BCUT2D eigenvalue weighted by Gasteiger charge is -2.37. The normalized spacial score (nSPS) is 18.2. The number of primary amides is 1. The zero-order valence-electron chi connectivity index (χ0n) is 14.9. The second kappa shape index (κ2) is 7.16. The molecule has 2 aromatic carbocycles. The van der Waals surface area contributed by atoms with Gasteiger partial charge in [0.15, 0.2) is 6.61 Å². The van der Waals surface area contributed by atoms with Crippen LogP contribution in [0.2, 0.25) is 5.02 Å². The summed E-state index contributed by atoms with van der Waals surface area (Å²) in [6.07, 6.45) is 0.616. The Balaban J connectivity index is 1.63. The third-order valence-electron chi connectivity index (χ3n) is 5.03. The summed E-state index contributed by atoms with van der Waals surface area (Å²) < 4.78 is 5.40. The van der Waals surface area contributed by atoms with E-state index in [-0.39, 0.29) is 25.0 Å². The number of nitrogens with two attached hydrogens (primary N) is 1. The van der Waals surface area contributed by atoms with Crippen LogP contribution < -0.4 is 15.4 Å². The van der Waals surface area contributed by atoms with Crippen molar-refractivity contribution in [3.63, 3.8) is 0 Å². The van der Waals surface area contributed by atoms with Crippen LogP contribution in [-0.4, -0.2) is 42.3 Å². The van der Waals surface area contributed by atoms with E-state index in [9.17, 15) is 14.4 Å². The van der Waals surface area contributed by atoms with Gasteiger partial charge in [-0.2, -0.15) is 0 Å². The number of amides is 3. The summed E-state index contributed by atoms with van der Waals surface area (Å²) in [5.74, 6) is -0.833. The van der Waals surface area contributed by atoms with Crippen LogP contribution in [0.4, 0.5) is 5.69 Å². The summed E-state index contributed by atoms with van der Waals surface area (Å²) in [6.45, 7) is -0.0319. The van der Waals surface area contributed by atoms with Gasteiger partial charge in [-0.1, -0.05) is 35.9 Å². The molecule has 2 N–H and O–H groups in total. The van der Waals surface area contributed by atoms with Gasteiger partial charge in [-0.25, -0.2) is 0 Å². The largest absolute Gasteiger partial charge is 0.482 e. The number of carbonyl (C=O) groups is 3. The van der Waals surface area contributed by atoms with Gasteiger partial charge in [0, 0.05) is 11.6 Å². The van der Waals surface area contributed by atoms with Gasteiger partial charge in [-0.15, -0.1) is 0 Å². The lowest BCUT2D eigenvalue weighted by atomic mass is 9.92. The number of carbonyl (C=O) groups excluding carboxylic acids is 3. The molecule has 3 amide bonds. The molecule has 0 aromatic heterocycles. The van der Waals surface area contributed by atoms with E-state index < -0.39 is 11.9 Å². The minimum atomic E-state index is -0.854. The molecule has 7 nitrogen and oxygen atoms in total. The van der Waals surface area contributed by atoms with Gasteiger partial charge in [-0.05, 0) is 35.7 Å². The van der Waals surface area contributed by atoms with Crippen molar-refractivity contribution in [2.24, 2.45) is 5.73 Å². The van der Waals surface area contributed by atoms with E-state index in [2.05, 4.69) is 0 Å². The van der Waals surface area contributed by atoms with E-state index in [1.165, 1.54) is 9.80 Å². The summed E-state index contributed by atoms with van der Waals surface area (Å²) in [5, 5.41) is 0.427. The molecule has 2 heterocycles. The second-order valence-corrected chi connectivity index (χ2v) is 7.16. The Hall–Kier alpha value is -3.06. The molecule has 2 aliphatic rings. The van der Waals surface area contributed by atoms with Crippen LogP contribution in [0.15, 0.2) is 42.5 Å². The Bertz CT molecular complexity index is 978. The molecule has 0 aliphatic carbocycles. The zero-order valence-corrected chi connectivity index (χ0v) is 15.7. The molecule has 1 atom stereocenters. The van der Waals surface area contributed by atoms with Gasteiger partial charge in [0.05, 0.1) is 5.69 Å². The van der Waals surface area contributed by atoms with Crippen LogP contribution in [0.25, 0.3) is 0 Å². The van der Waals surface area contributed by atoms with Crippen LogP contribution in [0.5, 0.6) is 5.75 Å². The van der Waals surface area contributed by atoms with Crippen molar-refractivity contribution >= 4 is 35.0 Å². The first-order chi connectivity index (χ1) is 13.5. The highest BCUT2D eigenvalue weighted by Gasteiger charge is 2.36.